The van der Waals surface area contributed by atoms with Gasteiger partial charge in [-0.2, -0.15) is 8.78 Å². The minimum absolute atomic E-state index is 0.00284. The fraction of sp³-hybridized carbons (Fsp3) is 0.375. The van der Waals surface area contributed by atoms with Gasteiger partial charge in [0.15, 0.2) is 5.16 Å². The van der Waals surface area contributed by atoms with Crippen LogP contribution in [0.25, 0.3) is 0 Å². The standard InChI is InChI=1S/C16H18F2N4O4S/c1-3-25-14(24)8-12-20-21-16(22(12)2)27-9-13(23)19-10-4-6-11(7-5-10)26-15(17)18/h4-7,15H,3,8-9H2,1-2H3,(H,19,23). The first-order valence-corrected chi connectivity index (χ1v) is 8.89. The molecule has 1 aromatic carbocycles. The van der Waals surface area contributed by atoms with Crippen molar-refractivity contribution in [3.05, 3.63) is 30.1 Å². The van der Waals surface area contributed by atoms with Crippen LogP contribution < -0.4 is 10.1 Å². The van der Waals surface area contributed by atoms with Crippen LogP contribution in [0.2, 0.25) is 0 Å². The van der Waals surface area contributed by atoms with Crippen molar-refractivity contribution in [1.29, 1.82) is 0 Å². The number of ether oxygens (including phenoxy) is 2. The van der Waals surface area contributed by atoms with Crippen molar-refractivity contribution >= 4 is 29.3 Å². The van der Waals surface area contributed by atoms with E-state index in [1.807, 2.05) is 0 Å². The average molecular weight is 400 g/mol. The zero-order valence-electron chi connectivity index (χ0n) is 14.6. The van der Waals surface area contributed by atoms with E-state index in [1.54, 1.807) is 18.5 Å². The first-order chi connectivity index (χ1) is 12.9. The van der Waals surface area contributed by atoms with E-state index in [1.165, 1.54) is 24.3 Å². The summed E-state index contributed by atoms with van der Waals surface area (Å²) in [5.41, 5.74) is 0.447. The lowest BCUT2D eigenvalue weighted by atomic mass is 10.3. The van der Waals surface area contributed by atoms with Gasteiger partial charge in [0, 0.05) is 12.7 Å². The number of hydrogen-bond donors (Lipinski definition) is 1. The Kier molecular flexibility index (Phi) is 7.53. The number of rotatable bonds is 9. The number of thioether (sulfide) groups is 1. The average Bonchev–Trinajstić information content (AvgIpc) is 2.94. The molecule has 27 heavy (non-hydrogen) atoms. The summed E-state index contributed by atoms with van der Waals surface area (Å²) in [6.45, 7) is -0.899. The molecule has 0 aliphatic heterocycles. The van der Waals surface area contributed by atoms with Gasteiger partial charge in [0.25, 0.3) is 0 Å². The maximum Gasteiger partial charge on any atom is 0.387 e. The number of carbonyl (C=O) groups is 2. The molecule has 11 heteroatoms. The van der Waals surface area contributed by atoms with Crippen molar-refractivity contribution in [2.75, 3.05) is 17.7 Å². The number of anilines is 1. The van der Waals surface area contributed by atoms with Gasteiger partial charge in [-0.1, -0.05) is 11.8 Å². The van der Waals surface area contributed by atoms with Crippen molar-refractivity contribution in [3.63, 3.8) is 0 Å². The summed E-state index contributed by atoms with van der Waals surface area (Å²) in [7, 11) is 1.69. The Hall–Kier alpha value is -2.69. The summed E-state index contributed by atoms with van der Waals surface area (Å²) in [6.07, 6.45) is -0.00284. The van der Waals surface area contributed by atoms with Crippen molar-refractivity contribution in [2.45, 2.75) is 25.1 Å². The lowest BCUT2D eigenvalue weighted by Gasteiger charge is -2.07. The number of nitrogens with one attached hydrogen (secondary N) is 1. The highest BCUT2D eigenvalue weighted by Crippen LogP contribution is 2.19. The molecule has 0 unspecified atom stereocenters. The van der Waals surface area contributed by atoms with E-state index in [0.717, 1.165) is 11.8 Å². The molecule has 1 amide bonds. The third kappa shape index (κ3) is 6.51. The Bertz CT molecular complexity index is 783. The second-order valence-corrected chi connectivity index (χ2v) is 6.12. The summed E-state index contributed by atoms with van der Waals surface area (Å²) < 4.78 is 34.9. The SMILES string of the molecule is CCOC(=O)Cc1nnc(SCC(=O)Nc2ccc(OC(F)F)cc2)n1C. The fourth-order valence-corrected chi connectivity index (χ4v) is 2.74. The second kappa shape index (κ2) is 9.86. The minimum atomic E-state index is -2.90. The molecule has 2 rings (SSSR count). The predicted molar refractivity (Wildman–Crippen MR) is 93.8 cm³/mol. The molecule has 1 aromatic heterocycles. The lowest BCUT2D eigenvalue weighted by molar-refractivity contribution is -0.142. The highest BCUT2D eigenvalue weighted by Gasteiger charge is 2.15. The molecule has 0 atom stereocenters. The Labute approximate surface area is 158 Å². The van der Waals surface area contributed by atoms with Gasteiger partial charge in [0.2, 0.25) is 5.91 Å². The maximum absolute atomic E-state index is 12.1. The number of hydrogen-bond acceptors (Lipinski definition) is 7. The number of halogens is 2. The zero-order valence-corrected chi connectivity index (χ0v) is 15.5. The Morgan fingerprint density at radius 1 is 1.26 bits per heavy atom. The molecule has 0 radical (unpaired) electrons. The van der Waals surface area contributed by atoms with Crippen LogP contribution in [-0.4, -0.2) is 45.6 Å². The van der Waals surface area contributed by atoms with Crippen molar-refractivity contribution < 1.29 is 27.8 Å². The summed E-state index contributed by atoms with van der Waals surface area (Å²) >= 11 is 1.15. The van der Waals surface area contributed by atoms with Gasteiger partial charge in [-0.15, -0.1) is 10.2 Å². The van der Waals surface area contributed by atoms with E-state index >= 15 is 0 Å². The highest BCUT2D eigenvalue weighted by molar-refractivity contribution is 7.99. The molecule has 0 saturated heterocycles. The third-order valence-corrected chi connectivity index (χ3v) is 4.25. The van der Waals surface area contributed by atoms with Crippen molar-refractivity contribution in [1.82, 2.24) is 14.8 Å². The van der Waals surface area contributed by atoms with Crippen molar-refractivity contribution in [2.24, 2.45) is 7.05 Å². The lowest BCUT2D eigenvalue weighted by Crippen LogP contribution is -2.15. The molecule has 0 fully saturated rings. The van der Waals surface area contributed by atoms with E-state index in [0.29, 0.717) is 16.7 Å². The number of alkyl halides is 2. The molecular weight excluding hydrogens is 382 g/mol. The van der Waals surface area contributed by atoms with Gasteiger partial charge < -0.3 is 19.4 Å². The van der Waals surface area contributed by atoms with Crippen LogP contribution >= 0.6 is 11.8 Å². The van der Waals surface area contributed by atoms with E-state index in [2.05, 4.69) is 20.3 Å². The largest absolute Gasteiger partial charge is 0.466 e. The Morgan fingerprint density at radius 2 is 1.96 bits per heavy atom. The maximum atomic E-state index is 12.1. The van der Waals surface area contributed by atoms with Gasteiger partial charge >= 0.3 is 12.6 Å². The fourth-order valence-electron chi connectivity index (χ4n) is 2.01. The number of aromatic nitrogens is 3. The monoisotopic (exact) mass is 400 g/mol. The first kappa shape index (κ1) is 20.6. The summed E-state index contributed by atoms with van der Waals surface area (Å²) in [5.74, 6) is -0.212. The van der Waals surface area contributed by atoms with Crippen LogP contribution in [0.3, 0.4) is 0 Å². The van der Waals surface area contributed by atoms with E-state index < -0.39 is 12.6 Å². The summed E-state index contributed by atoms with van der Waals surface area (Å²) in [6, 6.07) is 5.58. The van der Waals surface area contributed by atoms with Gasteiger partial charge in [-0.25, -0.2) is 0 Å². The molecule has 0 bridgehead atoms. The van der Waals surface area contributed by atoms with Gasteiger partial charge in [0.1, 0.15) is 18.0 Å². The van der Waals surface area contributed by atoms with E-state index in [4.69, 9.17) is 4.74 Å². The topological polar surface area (TPSA) is 95.3 Å². The van der Waals surface area contributed by atoms with Crippen molar-refractivity contribution in [3.8, 4) is 5.75 Å². The third-order valence-electron chi connectivity index (χ3n) is 3.23. The minimum Gasteiger partial charge on any atom is -0.466 e. The van der Waals surface area contributed by atoms with Crippen LogP contribution in [0, 0.1) is 0 Å². The number of benzene rings is 1. The molecule has 1 N–H and O–H groups in total. The molecule has 146 valence electrons. The number of amides is 1. The molecular formula is C16H18F2N4O4S. The van der Waals surface area contributed by atoms with Crippen LogP contribution in [-0.2, 0) is 27.8 Å². The molecule has 1 heterocycles. The Balaban J connectivity index is 1.85. The summed E-state index contributed by atoms with van der Waals surface area (Å²) in [5, 5.41) is 11.0. The molecule has 0 saturated carbocycles. The number of carbonyl (C=O) groups excluding carboxylic acids is 2. The Morgan fingerprint density at radius 3 is 2.59 bits per heavy atom. The number of esters is 1. The van der Waals surface area contributed by atoms with Crippen LogP contribution in [0.4, 0.5) is 14.5 Å². The first-order valence-electron chi connectivity index (χ1n) is 7.90. The molecule has 2 aromatic rings. The van der Waals surface area contributed by atoms with E-state index in [9.17, 15) is 18.4 Å². The highest BCUT2D eigenvalue weighted by atomic mass is 32.2. The van der Waals surface area contributed by atoms with E-state index in [-0.39, 0.29) is 30.4 Å². The second-order valence-electron chi connectivity index (χ2n) is 5.18. The predicted octanol–water partition coefficient (Wildman–Crippen LogP) is 2.25. The normalized spacial score (nSPS) is 10.7. The molecule has 8 nitrogen and oxygen atoms in total. The van der Waals surface area contributed by atoms with Crippen LogP contribution in [0.5, 0.6) is 5.75 Å². The quantitative estimate of drug-likeness (QED) is 0.509. The van der Waals surface area contributed by atoms with Gasteiger partial charge in [0.05, 0.1) is 12.4 Å². The smallest absolute Gasteiger partial charge is 0.387 e. The summed E-state index contributed by atoms with van der Waals surface area (Å²) in [4.78, 5) is 23.5. The van der Waals surface area contributed by atoms with Crippen LogP contribution in [0.1, 0.15) is 12.7 Å². The molecule has 0 aliphatic rings. The van der Waals surface area contributed by atoms with Crippen LogP contribution in [0.15, 0.2) is 29.4 Å². The van der Waals surface area contributed by atoms with Gasteiger partial charge in [-0.3, -0.25) is 9.59 Å². The molecule has 0 spiro atoms. The number of nitrogens with zero attached hydrogens (tertiary/aromatic N) is 3. The zero-order chi connectivity index (χ0) is 19.8. The van der Waals surface area contributed by atoms with Gasteiger partial charge in [-0.05, 0) is 31.2 Å². The molecule has 0 aliphatic carbocycles.